The first-order valence-corrected chi connectivity index (χ1v) is 9.64. The minimum atomic E-state index is 0.0298. The molecular weight excluding hydrogens is 322 g/mol. The van der Waals surface area contributed by atoms with Gasteiger partial charge in [-0.05, 0) is 37.7 Å². The number of aromatic nitrogens is 2. The second-order valence-electron chi connectivity index (χ2n) is 7.28. The van der Waals surface area contributed by atoms with Gasteiger partial charge in [0.1, 0.15) is 10.7 Å². The Kier molecular flexibility index (Phi) is 3.75. The van der Waals surface area contributed by atoms with Crippen LogP contribution < -0.4 is 5.56 Å². The second kappa shape index (κ2) is 5.69. The summed E-state index contributed by atoms with van der Waals surface area (Å²) in [5.74, 6) is 1.41. The zero-order valence-electron chi connectivity index (χ0n) is 14.5. The quantitative estimate of drug-likeness (QED) is 0.841. The highest BCUT2D eigenvalue weighted by Crippen LogP contribution is 2.32. The van der Waals surface area contributed by atoms with E-state index in [0.717, 1.165) is 55.0 Å². The molecule has 1 amide bonds. The van der Waals surface area contributed by atoms with Gasteiger partial charge in [0.25, 0.3) is 11.5 Å². The number of likely N-dealkylation sites (tertiary alicyclic amines) is 1. The Morgan fingerprint density at radius 3 is 2.83 bits per heavy atom. The number of nitrogens with zero attached hydrogens (tertiary/aromatic N) is 3. The molecule has 0 N–H and O–H groups in total. The predicted molar refractivity (Wildman–Crippen MR) is 95.8 cm³/mol. The van der Waals surface area contributed by atoms with Crippen molar-refractivity contribution in [1.82, 2.24) is 14.5 Å². The van der Waals surface area contributed by atoms with Crippen LogP contribution in [0.15, 0.2) is 4.79 Å². The van der Waals surface area contributed by atoms with Gasteiger partial charge in [-0.1, -0.05) is 13.8 Å². The van der Waals surface area contributed by atoms with Crippen LogP contribution in [0.2, 0.25) is 0 Å². The zero-order chi connectivity index (χ0) is 17.0. The monoisotopic (exact) mass is 345 g/mol. The largest absolute Gasteiger partial charge is 0.335 e. The van der Waals surface area contributed by atoms with Crippen LogP contribution in [0.3, 0.4) is 0 Å². The molecule has 2 aromatic heterocycles. The van der Waals surface area contributed by atoms with E-state index < -0.39 is 0 Å². The third-order valence-electron chi connectivity index (χ3n) is 5.44. The Bertz CT molecular complexity index is 880. The number of carbonyl (C=O) groups excluding carboxylic acids is 1. The van der Waals surface area contributed by atoms with E-state index in [2.05, 4.69) is 18.8 Å². The lowest BCUT2D eigenvalue weighted by Gasteiger charge is -2.27. The molecule has 2 aliphatic heterocycles. The maximum atomic E-state index is 13.1. The zero-order valence-corrected chi connectivity index (χ0v) is 15.3. The van der Waals surface area contributed by atoms with Gasteiger partial charge in [-0.2, -0.15) is 0 Å². The smallest absolute Gasteiger partial charge is 0.264 e. The van der Waals surface area contributed by atoms with Gasteiger partial charge in [0.2, 0.25) is 0 Å². The summed E-state index contributed by atoms with van der Waals surface area (Å²) in [6.07, 6.45) is 3.97. The van der Waals surface area contributed by atoms with Crippen molar-refractivity contribution in [1.29, 1.82) is 0 Å². The van der Waals surface area contributed by atoms with Crippen molar-refractivity contribution in [2.24, 2.45) is 5.92 Å². The second-order valence-corrected chi connectivity index (χ2v) is 8.28. The first kappa shape index (κ1) is 15.8. The lowest BCUT2D eigenvalue weighted by Crippen LogP contribution is -2.38. The summed E-state index contributed by atoms with van der Waals surface area (Å²) in [6.45, 7) is 7.81. The van der Waals surface area contributed by atoms with Crippen LogP contribution in [-0.4, -0.2) is 32.9 Å². The highest BCUT2D eigenvalue weighted by atomic mass is 32.1. The van der Waals surface area contributed by atoms with Crippen LogP contribution in [0, 0.1) is 12.8 Å². The molecule has 1 fully saturated rings. The van der Waals surface area contributed by atoms with Crippen LogP contribution in [0.25, 0.3) is 10.2 Å². The van der Waals surface area contributed by atoms with Gasteiger partial charge in [-0.15, -0.1) is 11.3 Å². The molecule has 2 aliphatic rings. The minimum Gasteiger partial charge on any atom is -0.335 e. The normalized spacial score (nSPS) is 20.3. The summed E-state index contributed by atoms with van der Waals surface area (Å²) in [5.41, 5.74) is 0.844. The van der Waals surface area contributed by atoms with Gasteiger partial charge in [-0.3, -0.25) is 14.2 Å². The molecule has 4 heterocycles. The molecule has 6 heteroatoms. The van der Waals surface area contributed by atoms with E-state index in [9.17, 15) is 9.59 Å². The lowest BCUT2D eigenvalue weighted by atomic mass is 10.0. The van der Waals surface area contributed by atoms with Crippen LogP contribution in [0.1, 0.15) is 54.2 Å². The van der Waals surface area contributed by atoms with E-state index >= 15 is 0 Å². The average molecular weight is 345 g/mol. The molecule has 0 aromatic carbocycles. The SMILES string of the molecule is Cc1c(C(=O)N2CCCC2C(C)C)sc2nc3n(c(=O)c12)CCC3. The molecule has 0 aliphatic carbocycles. The van der Waals surface area contributed by atoms with Crippen molar-refractivity contribution in [2.75, 3.05) is 6.54 Å². The number of amides is 1. The minimum absolute atomic E-state index is 0.0298. The van der Waals surface area contributed by atoms with Gasteiger partial charge >= 0.3 is 0 Å². The Morgan fingerprint density at radius 1 is 1.29 bits per heavy atom. The first-order valence-electron chi connectivity index (χ1n) is 8.83. The van der Waals surface area contributed by atoms with Gasteiger partial charge in [-0.25, -0.2) is 4.98 Å². The van der Waals surface area contributed by atoms with Crippen LogP contribution in [0.4, 0.5) is 0 Å². The molecule has 24 heavy (non-hydrogen) atoms. The fourth-order valence-corrected chi connectivity index (χ4v) is 5.29. The Labute approximate surface area is 145 Å². The molecule has 0 saturated carbocycles. The van der Waals surface area contributed by atoms with Gasteiger partial charge < -0.3 is 4.90 Å². The molecule has 0 radical (unpaired) electrons. The maximum absolute atomic E-state index is 13.1. The fraction of sp³-hybridized carbons (Fsp3) is 0.611. The summed E-state index contributed by atoms with van der Waals surface area (Å²) in [6, 6.07) is 0.307. The van der Waals surface area contributed by atoms with E-state index in [0.29, 0.717) is 22.2 Å². The van der Waals surface area contributed by atoms with Crippen molar-refractivity contribution in [2.45, 2.75) is 59.0 Å². The Morgan fingerprint density at radius 2 is 2.08 bits per heavy atom. The molecule has 5 nitrogen and oxygen atoms in total. The molecule has 128 valence electrons. The number of rotatable bonds is 2. The number of fused-ring (bicyclic) bond motifs is 2. The molecule has 4 rings (SSSR count). The van der Waals surface area contributed by atoms with E-state index in [1.807, 2.05) is 11.8 Å². The maximum Gasteiger partial charge on any atom is 0.264 e. The average Bonchev–Trinajstić information content (AvgIpc) is 3.25. The summed E-state index contributed by atoms with van der Waals surface area (Å²) < 4.78 is 1.78. The molecule has 0 spiro atoms. The van der Waals surface area contributed by atoms with E-state index in [1.54, 1.807) is 4.57 Å². The molecule has 0 bridgehead atoms. The molecule has 2 aromatic rings. The summed E-state index contributed by atoms with van der Waals surface area (Å²) in [4.78, 5) is 34.0. The number of carbonyl (C=O) groups is 1. The number of hydrogen-bond acceptors (Lipinski definition) is 4. The molecule has 1 saturated heterocycles. The van der Waals surface area contributed by atoms with Gasteiger partial charge in [0, 0.05) is 25.6 Å². The van der Waals surface area contributed by atoms with Crippen molar-refractivity contribution in [3.8, 4) is 0 Å². The molecule has 1 atom stereocenters. The van der Waals surface area contributed by atoms with E-state index in [-0.39, 0.29) is 11.5 Å². The highest BCUT2D eigenvalue weighted by Gasteiger charge is 2.33. The summed E-state index contributed by atoms with van der Waals surface area (Å²) >= 11 is 1.40. The number of aryl methyl sites for hydroxylation is 2. The van der Waals surface area contributed by atoms with Crippen LogP contribution in [-0.2, 0) is 13.0 Å². The standard InChI is InChI=1S/C18H23N3O2S/c1-10(2)12-6-4-8-20(12)18(23)15-11(3)14-16(24-15)19-13-7-5-9-21(13)17(14)22/h10,12H,4-9H2,1-3H3. The Hall–Kier alpha value is -1.69. The van der Waals surface area contributed by atoms with Crippen molar-refractivity contribution >= 4 is 27.5 Å². The fourth-order valence-electron chi connectivity index (χ4n) is 4.15. The molecular formula is C18H23N3O2S. The third kappa shape index (κ3) is 2.23. The van der Waals surface area contributed by atoms with Crippen molar-refractivity contribution in [3.63, 3.8) is 0 Å². The van der Waals surface area contributed by atoms with E-state index in [1.165, 1.54) is 11.3 Å². The third-order valence-corrected chi connectivity index (χ3v) is 6.61. The van der Waals surface area contributed by atoms with Crippen LogP contribution >= 0.6 is 11.3 Å². The summed E-state index contributed by atoms with van der Waals surface area (Å²) in [5, 5.41) is 0.647. The van der Waals surface area contributed by atoms with Crippen molar-refractivity contribution < 1.29 is 4.79 Å². The number of hydrogen-bond donors (Lipinski definition) is 0. The molecule has 1 unspecified atom stereocenters. The first-order chi connectivity index (χ1) is 11.5. The topological polar surface area (TPSA) is 55.2 Å². The van der Waals surface area contributed by atoms with Crippen molar-refractivity contribution in [3.05, 3.63) is 26.6 Å². The highest BCUT2D eigenvalue weighted by molar-refractivity contribution is 7.20. The van der Waals surface area contributed by atoms with Gasteiger partial charge in [0.15, 0.2) is 0 Å². The van der Waals surface area contributed by atoms with Crippen LogP contribution in [0.5, 0.6) is 0 Å². The number of thiophene rings is 1. The summed E-state index contributed by atoms with van der Waals surface area (Å²) in [7, 11) is 0. The Balaban J connectivity index is 1.81. The lowest BCUT2D eigenvalue weighted by molar-refractivity contribution is 0.0706. The predicted octanol–water partition coefficient (Wildman–Crippen LogP) is 2.97. The van der Waals surface area contributed by atoms with E-state index in [4.69, 9.17) is 0 Å². The van der Waals surface area contributed by atoms with Gasteiger partial charge in [0.05, 0.1) is 10.3 Å².